The maximum atomic E-state index is 12.7. The van der Waals surface area contributed by atoms with Crippen molar-refractivity contribution < 1.29 is 22.7 Å². The fourth-order valence-corrected chi connectivity index (χ4v) is 4.16. The lowest BCUT2D eigenvalue weighted by molar-refractivity contribution is 0.102. The van der Waals surface area contributed by atoms with Gasteiger partial charge in [-0.05, 0) is 79.9 Å². The molecule has 0 heterocycles. The van der Waals surface area contributed by atoms with Crippen LogP contribution < -0.4 is 19.5 Å². The molecule has 3 aromatic rings. The van der Waals surface area contributed by atoms with Crippen molar-refractivity contribution in [3.05, 3.63) is 76.9 Å². The molecule has 0 unspecified atom stereocenters. The van der Waals surface area contributed by atoms with E-state index in [2.05, 4.69) is 10.0 Å². The minimum atomic E-state index is -3.78. The highest BCUT2D eigenvalue weighted by Gasteiger charge is 2.17. The van der Waals surface area contributed by atoms with Crippen LogP contribution in [0.25, 0.3) is 0 Å². The summed E-state index contributed by atoms with van der Waals surface area (Å²) >= 11 is 0. The molecule has 0 radical (unpaired) electrons. The van der Waals surface area contributed by atoms with E-state index in [4.69, 9.17) is 9.47 Å². The molecule has 0 aromatic heterocycles. The van der Waals surface area contributed by atoms with Gasteiger partial charge in [-0.2, -0.15) is 0 Å². The third kappa shape index (κ3) is 5.03. The molecule has 0 bridgehead atoms. The van der Waals surface area contributed by atoms with Crippen molar-refractivity contribution >= 4 is 27.3 Å². The molecule has 0 saturated heterocycles. The molecule has 7 nitrogen and oxygen atoms in total. The van der Waals surface area contributed by atoms with Gasteiger partial charge in [-0.3, -0.25) is 9.52 Å². The maximum Gasteiger partial charge on any atom is 0.261 e. The van der Waals surface area contributed by atoms with E-state index in [1.807, 2.05) is 26.8 Å². The SMILES string of the molecule is COc1cc(C)c(NC(=O)c2ccc(S(=O)(=O)Nc3ccc(C)c(C)c3)cc2)cc1OC. The molecule has 0 saturated carbocycles. The Hall–Kier alpha value is -3.52. The monoisotopic (exact) mass is 454 g/mol. The largest absolute Gasteiger partial charge is 0.493 e. The minimum Gasteiger partial charge on any atom is -0.493 e. The topological polar surface area (TPSA) is 93.7 Å². The van der Waals surface area contributed by atoms with Gasteiger partial charge in [0.2, 0.25) is 0 Å². The van der Waals surface area contributed by atoms with Crippen molar-refractivity contribution in [2.24, 2.45) is 0 Å². The van der Waals surface area contributed by atoms with Crippen LogP contribution in [0.4, 0.5) is 11.4 Å². The van der Waals surface area contributed by atoms with Crippen molar-refractivity contribution in [1.82, 2.24) is 0 Å². The number of carbonyl (C=O) groups excluding carboxylic acids is 1. The highest BCUT2D eigenvalue weighted by molar-refractivity contribution is 7.92. The summed E-state index contributed by atoms with van der Waals surface area (Å²) in [5.41, 5.74) is 4.24. The third-order valence-corrected chi connectivity index (χ3v) is 6.56. The Balaban J connectivity index is 1.77. The van der Waals surface area contributed by atoms with E-state index in [1.165, 1.54) is 31.4 Å². The van der Waals surface area contributed by atoms with E-state index < -0.39 is 10.0 Å². The average molecular weight is 455 g/mol. The van der Waals surface area contributed by atoms with E-state index in [0.717, 1.165) is 16.7 Å². The molecule has 32 heavy (non-hydrogen) atoms. The van der Waals surface area contributed by atoms with Crippen LogP contribution in [0, 0.1) is 20.8 Å². The second kappa shape index (κ2) is 9.32. The van der Waals surface area contributed by atoms with Gasteiger partial charge in [0.15, 0.2) is 11.5 Å². The molecule has 3 aromatic carbocycles. The molecule has 0 fully saturated rings. The van der Waals surface area contributed by atoms with Gasteiger partial charge < -0.3 is 14.8 Å². The predicted molar refractivity (Wildman–Crippen MR) is 125 cm³/mol. The van der Waals surface area contributed by atoms with Gasteiger partial charge in [-0.1, -0.05) is 6.07 Å². The first-order valence-electron chi connectivity index (χ1n) is 9.88. The van der Waals surface area contributed by atoms with E-state index in [0.29, 0.717) is 28.4 Å². The summed E-state index contributed by atoms with van der Waals surface area (Å²) in [5, 5.41) is 2.82. The second-order valence-electron chi connectivity index (χ2n) is 7.41. The first kappa shape index (κ1) is 23.1. The Morgan fingerprint density at radius 2 is 1.41 bits per heavy atom. The fourth-order valence-electron chi connectivity index (χ4n) is 3.11. The molecule has 2 N–H and O–H groups in total. The average Bonchev–Trinajstić information content (AvgIpc) is 2.77. The zero-order valence-corrected chi connectivity index (χ0v) is 19.5. The van der Waals surface area contributed by atoms with E-state index in [1.54, 1.807) is 31.4 Å². The molecule has 3 rings (SSSR count). The molecule has 0 aliphatic heterocycles. The lowest BCUT2D eigenvalue weighted by Crippen LogP contribution is -2.15. The summed E-state index contributed by atoms with van der Waals surface area (Å²) in [6, 6.07) is 14.5. The lowest BCUT2D eigenvalue weighted by atomic mass is 10.1. The van der Waals surface area contributed by atoms with Gasteiger partial charge in [0.05, 0.1) is 19.1 Å². The number of hydrogen-bond donors (Lipinski definition) is 2. The summed E-state index contributed by atoms with van der Waals surface area (Å²) in [7, 11) is -0.720. The van der Waals surface area contributed by atoms with E-state index in [-0.39, 0.29) is 10.8 Å². The number of sulfonamides is 1. The smallest absolute Gasteiger partial charge is 0.261 e. The summed E-state index contributed by atoms with van der Waals surface area (Å²) in [5.74, 6) is 0.687. The van der Waals surface area contributed by atoms with Crippen LogP contribution in [0.3, 0.4) is 0 Å². The Bertz CT molecular complexity index is 1250. The molecular formula is C24H26N2O5S. The number of aryl methyl sites for hydroxylation is 3. The van der Waals surface area contributed by atoms with Crippen LogP contribution in [0.15, 0.2) is 59.5 Å². The van der Waals surface area contributed by atoms with Gasteiger partial charge in [0.25, 0.3) is 15.9 Å². The van der Waals surface area contributed by atoms with Crippen molar-refractivity contribution in [2.75, 3.05) is 24.3 Å². The molecule has 1 amide bonds. The number of ether oxygens (including phenoxy) is 2. The molecule has 0 aliphatic carbocycles. The van der Waals surface area contributed by atoms with Gasteiger partial charge in [-0.15, -0.1) is 0 Å². The first-order valence-corrected chi connectivity index (χ1v) is 11.4. The standard InChI is InChI=1S/C24H26N2O5S/c1-15-6-9-19(12-16(15)2)26-32(28,29)20-10-7-18(8-11-20)24(27)25-21-14-23(31-5)22(30-4)13-17(21)3/h6-14,26H,1-5H3,(H,25,27). The maximum absolute atomic E-state index is 12.7. The molecular weight excluding hydrogens is 428 g/mol. The van der Waals surface area contributed by atoms with Crippen LogP contribution in [-0.2, 0) is 10.0 Å². The summed E-state index contributed by atoms with van der Waals surface area (Å²) in [6.45, 7) is 5.72. The van der Waals surface area contributed by atoms with E-state index >= 15 is 0 Å². The molecule has 168 valence electrons. The zero-order valence-electron chi connectivity index (χ0n) is 18.6. The Morgan fingerprint density at radius 3 is 2.00 bits per heavy atom. The van der Waals surface area contributed by atoms with Crippen LogP contribution >= 0.6 is 0 Å². The van der Waals surface area contributed by atoms with Gasteiger partial charge in [0, 0.05) is 23.0 Å². The summed E-state index contributed by atoms with van der Waals surface area (Å²) < 4.78 is 38.5. The molecule has 0 aliphatic rings. The number of methoxy groups -OCH3 is 2. The predicted octanol–water partition coefficient (Wildman–Crippen LogP) is 4.68. The van der Waals surface area contributed by atoms with Crippen molar-refractivity contribution in [3.8, 4) is 11.5 Å². The summed E-state index contributed by atoms with van der Waals surface area (Å²) in [4.78, 5) is 12.8. The van der Waals surface area contributed by atoms with Crippen LogP contribution in [-0.4, -0.2) is 28.5 Å². The highest BCUT2D eigenvalue weighted by atomic mass is 32.2. The van der Waals surface area contributed by atoms with Crippen LogP contribution in [0.2, 0.25) is 0 Å². The minimum absolute atomic E-state index is 0.0644. The van der Waals surface area contributed by atoms with Crippen molar-refractivity contribution in [1.29, 1.82) is 0 Å². The fraction of sp³-hybridized carbons (Fsp3) is 0.208. The second-order valence-corrected chi connectivity index (χ2v) is 9.09. The van der Waals surface area contributed by atoms with Crippen LogP contribution in [0.1, 0.15) is 27.0 Å². The number of rotatable bonds is 7. The van der Waals surface area contributed by atoms with E-state index in [9.17, 15) is 13.2 Å². The van der Waals surface area contributed by atoms with Gasteiger partial charge in [0.1, 0.15) is 0 Å². The number of amides is 1. The number of benzene rings is 3. The number of hydrogen-bond acceptors (Lipinski definition) is 5. The number of nitrogens with one attached hydrogen (secondary N) is 2. The van der Waals surface area contributed by atoms with Crippen molar-refractivity contribution in [3.63, 3.8) is 0 Å². The lowest BCUT2D eigenvalue weighted by Gasteiger charge is -2.14. The Kier molecular flexibility index (Phi) is 6.74. The van der Waals surface area contributed by atoms with Gasteiger partial charge >= 0.3 is 0 Å². The Labute approximate surface area is 188 Å². The molecule has 8 heteroatoms. The quantitative estimate of drug-likeness (QED) is 0.541. The summed E-state index contributed by atoms with van der Waals surface area (Å²) in [6.07, 6.45) is 0. The Morgan fingerprint density at radius 1 is 0.781 bits per heavy atom. The van der Waals surface area contributed by atoms with Crippen molar-refractivity contribution in [2.45, 2.75) is 25.7 Å². The third-order valence-electron chi connectivity index (χ3n) is 5.16. The first-order chi connectivity index (χ1) is 15.1. The number of carbonyl (C=O) groups is 1. The van der Waals surface area contributed by atoms with Gasteiger partial charge in [-0.25, -0.2) is 8.42 Å². The van der Waals surface area contributed by atoms with Crippen LogP contribution in [0.5, 0.6) is 11.5 Å². The number of anilines is 2. The molecule has 0 atom stereocenters. The zero-order chi connectivity index (χ0) is 23.5. The highest BCUT2D eigenvalue weighted by Crippen LogP contribution is 2.33. The normalized spacial score (nSPS) is 11.0. The molecule has 0 spiro atoms.